The van der Waals surface area contributed by atoms with Gasteiger partial charge in [0.2, 0.25) is 0 Å². The zero-order valence-corrected chi connectivity index (χ0v) is 30.6. The SMILES string of the molecule is CCCCC/C=C\C/C=C\CCCCCCCCOCC(CN(C)C(=O)O)OCCCCCCCC/C=C\C/C=C\CCCCC. The van der Waals surface area contributed by atoms with E-state index in [1.807, 2.05) is 0 Å². The van der Waals surface area contributed by atoms with Gasteiger partial charge in [-0.15, -0.1) is 0 Å². The van der Waals surface area contributed by atoms with Crippen LogP contribution in [0.15, 0.2) is 48.6 Å². The largest absolute Gasteiger partial charge is 0.465 e. The Morgan fingerprint density at radius 2 is 0.957 bits per heavy atom. The van der Waals surface area contributed by atoms with Crippen molar-refractivity contribution < 1.29 is 19.4 Å². The molecule has 0 radical (unpaired) electrons. The highest BCUT2D eigenvalue weighted by molar-refractivity contribution is 5.64. The molecule has 5 nitrogen and oxygen atoms in total. The first-order valence-electron chi connectivity index (χ1n) is 19.3. The predicted molar refractivity (Wildman–Crippen MR) is 200 cm³/mol. The number of ether oxygens (including phenoxy) is 2. The quantitative estimate of drug-likeness (QED) is 0.0550. The molecule has 0 aromatic heterocycles. The van der Waals surface area contributed by atoms with Gasteiger partial charge < -0.3 is 19.5 Å². The molecule has 0 saturated heterocycles. The van der Waals surface area contributed by atoms with Gasteiger partial charge >= 0.3 is 6.09 Å². The molecule has 46 heavy (non-hydrogen) atoms. The molecule has 1 unspecified atom stereocenters. The van der Waals surface area contributed by atoms with Crippen LogP contribution in [0.25, 0.3) is 0 Å². The van der Waals surface area contributed by atoms with Crippen LogP contribution < -0.4 is 0 Å². The van der Waals surface area contributed by atoms with Gasteiger partial charge in [-0.3, -0.25) is 0 Å². The van der Waals surface area contributed by atoms with Crippen LogP contribution in [-0.2, 0) is 9.47 Å². The van der Waals surface area contributed by atoms with E-state index in [9.17, 15) is 9.90 Å². The van der Waals surface area contributed by atoms with E-state index in [1.54, 1.807) is 7.05 Å². The van der Waals surface area contributed by atoms with Gasteiger partial charge in [0.25, 0.3) is 0 Å². The summed E-state index contributed by atoms with van der Waals surface area (Å²) < 4.78 is 12.0. The van der Waals surface area contributed by atoms with Gasteiger partial charge in [-0.1, -0.05) is 140 Å². The summed E-state index contributed by atoms with van der Waals surface area (Å²) >= 11 is 0. The Bertz CT molecular complexity index is 745. The van der Waals surface area contributed by atoms with Gasteiger partial charge in [0.1, 0.15) is 0 Å². The summed E-state index contributed by atoms with van der Waals surface area (Å²) in [5.41, 5.74) is 0. The van der Waals surface area contributed by atoms with Crippen LogP contribution in [0, 0.1) is 0 Å². The van der Waals surface area contributed by atoms with Crippen molar-refractivity contribution in [2.24, 2.45) is 0 Å². The number of carboxylic acid groups (broad SMARTS) is 1. The van der Waals surface area contributed by atoms with Gasteiger partial charge in [-0.05, 0) is 77.0 Å². The highest BCUT2D eigenvalue weighted by atomic mass is 16.5. The van der Waals surface area contributed by atoms with E-state index in [-0.39, 0.29) is 6.10 Å². The molecule has 0 aliphatic carbocycles. The summed E-state index contributed by atoms with van der Waals surface area (Å²) in [5.74, 6) is 0. The topological polar surface area (TPSA) is 59.0 Å². The normalized spacial score (nSPS) is 12.8. The monoisotopic (exact) mass is 646 g/mol. The first-order valence-corrected chi connectivity index (χ1v) is 19.3. The summed E-state index contributed by atoms with van der Waals surface area (Å²) in [5, 5.41) is 9.29. The third-order valence-electron chi connectivity index (χ3n) is 8.30. The minimum atomic E-state index is -0.924. The number of likely N-dealkylation sites (N-methyl/N-ethyl adjacent to an activating group) is 1. The Balaban J connectivity index is 3.77. The standard InChI is InChI=1S/C41H75NO4/c1-4-6-8-10-12-14-16-18-20-22-24-26-28-30-32-34-36-45-39-40(38-42(3)41(43)44)46-37-35-33-31-29-27-25-23-21-19-17-15-13-11-9-7-5-2/h12-15,18-21,40H,4-11,16-17,22-39H2,1-3H3,(H,43,44)/b14-12-,15-13-,20-18-,21-19-. The van der Waals surface area contributed by atoms with E-state index in [0.717, 1.165) is 38.7 Å². The van der Waals surface area contributed by atoms with Crippen LogP contribution in [0.4, 0.5) is 4.79 Å². The minimum absolute atomic E-state index is 0.205. The second-order valence-electron chi connectivity index (χ2n) is 12.9. The third-order valence-corrected chi connectivity index (χ3v) is 8.30. The summed E-state index contributed by atoms with van der Waals surface area (Å²) in [4.78, 5) is 12.6. The first-order chi connectivity index (χ1) is 22.6. The van der Waals surface area contributed by atoms with Crippen molar-refractivity contribution in [1.82, 2.24) is 4.90 Å². The molecule has 1 N–H and O–H groups in total. The van der Waals surface area contributed by atoms with E-state index in [2.05, 4.69) is 62.5 Å². The average Bonchev–Trinajstić information content (AvgIpc) is 3.05. The molecule has 1 amide bonds. The van der Waals surface area contributed by atoms with Crippen molar-refractivity contribution in [2.75, 3.05) is 33.4 Å². The molecule has 0 fully saturated rings. The van der Waals surface area contributed by atoms with E-state index in [4.69, 9.17) is 9.47 Å². The lowest BCUT2D eigenvalue weighted by Gasteiger charge is -2.22. The van der Waals surface area contributed by atoms with Gasteiger partial charge in [0.15, 0.2) is 0 Å². The predicted octanol–water partition coefficient (Wildman–Crippen LogP) is 12.6. The van der Waals surface area contributed by atoms with Crippen LogP contribution in [-0.4, -0.2) is 55.6 Å². The number of hydrogen-bond acceptors (Lipinski definition) is 3. The van der Waals surface area contributed by atoms with Crippen LogP contribution in [0.1, 0.15) is 168 Å². The Morgan fingerprint density at radius 1 is 0.565 bits per heavy atom. The number of nitrogens with zero attached hydrogens (tertiary/aromatic N) is 1. The molecule has 0 heterocycles. The molecule has 0 aliphatic heterocycles. The molecular weight excluding hydrogens is 570 g/mol. The molecule has 1 atom stereocenters. The highest BCUT2D eigenvalue weighted by Gasteiger charge is 2.16. The molecule has 0 aliphatic rings. The summed E-state index contributed by atoms with van der Waals surface area (Å²) in [6.07, 6.45) is 46.8. The maximum atomic E-state index is 11.3. The molecule has 0 rings (SSSR count). The second kappa shape index (κ2) is 37.6. The zero-order chi connectivity index (χ0) is 33.6. The summed E-state index contributed by atoms with van der Waals surface area (Å²) in [6.45, 7) is 6.69. The lowest BCUT2D eigenvalue weighted by Crippen LogP contribution is -2.37. The van der Waals surface area contributed by atoms with E-state index < -0.39 is 6.09 Å². The number of amides is 1. The maximum absolute atomic E-state index is 11.3. The fourth-order valence-corrected chi connectivity index (χ4v) is 5.28. The number of hydrogen-bond donors (Lipinski definition) is 1. The van der Waals surface area contributed by atoms with E-state index in [0.29, 0.717) is 19.8 Å². The smallest absolute Gasteiger partial charge is 0.407 e. The van der Waals surface area contributed by atoms with Crippen LogP contribution in [0.3, 0.4) is 0 Å². The fourth-order valence-electron chi connectivity index (χ4n) is 5.28. The lowest BCUT2D eigenvalue weighted by molar-refractivity contribution is -0.0292. The van der Waals surface area contributed by atoms with Crippen LogP contribution >= 0.6 is 0 Å². The Labute approximate surface area is 286 Å². The second-order valence-corrected chi connectivity index (χ2v) is 12.9. The first kappa shape index (κ1) is 44.1. The van der Waals surface area contributed by atoms with Gasteiger partial charge in [-0.25, -0.2) is 4.79 Å². The van der Waals surface area contributed by atoms with Crippen molar-refractivity contribution in [3.05, 3.63) is 48.6 Å². The molecule has 5 heteroatoms. The van der Waals surface area contributed by atoms with Crippen molar-refractivity contribution in [2.45, 2.75) is 174 Å². The Morgan fingerprint density at radius 3 is 1.39 bits per heavy atom. The molecule has 0 aromatic rings. The van der Waals surface area contributed by atoms with Crippen LogP contribution in [0.2, 0.25) is 0 Å². The number of rotatable bonds is 35. The molecule has 0 bridgehead atoms. The number of unbranched alkanes of at least 4 members (excludes halogenated alkanes) is 18. The van der Waals surface area contributed by atoms with Gasteiger partial charge in [0.05, 0.1) is 19.3 Å². The molecule has 0 spiro atoms. The fraction of sp³-hybridized carbons (Fsp3) is 0.780. The minimum Gasteiger partial charge on any atom is -0.465 e. The van der Waals surface area contributed by atoms with Crippen LogP contribution in [0.5, 0.6) is 0 Å². The van der Waals surface area contributed by atoms with E-state index >= 15 is 0 Å². The third kappa shape index (κ3) is 35.0. The average molecular weight is 646 g/mol. The molecule has 268 valence electrons. The highest BCUT2D eigenvalue weighted by Crippen LogP contribution is 2.11. The van der Waals surface area contributed by atoms with Gasteiger partial charge in [-0.2, -0.15) is 0 Å². The van der Waals surface area contributed by atoms with Crippen molar-refractivity contribution in [1.29, 1.82) is 0 Å². The summed E-state index contributed by atoms with van der Waals surface area (Å²) in [7, 11) is 1.60. The van der Waals surface area contributed by atoms with Crippen molar-refractivity contribution in [3.8, 4) is 0 Å². The number of allylic oxidation sites excluding steroid dienone is 8. The Kier molecular flexibility index (Phi) is 36.1. The van der Waals surface area contributed by atoms with Crippen molar-refractivity contribution in [3.63, 3.8) is 0 Å². The molecule has 0 saturated carbocycles. The number of carbonyl (C=O) groups is 1. The summed E-state index contributed by atoms with van der Waals surface area (Å²) in [6, 6.07) is 0. The van der Waals surface area contributed by atoms with Gasteiger partial charge in [0, 0.05) is 20.3 Å². The lowest BCUT2D eigenvalue weighted by atomic mass is 10.1. The molecule has 0 aromatic carbocycles. The molecular formula is C41H75NO4. The maximum Gasteiger partial charge on any atom is 0.407 e. The Hall–Kier alpha value is -1.85. The van der Waals surface area contributed by atoms with E-state index in [1.165, 1.54) is 127 Å². The van der Waals surface area contributed by atoms with Crippen molar-refractivity contribution >= 4 is 6.09 Å². The zero-order valence-electron chi connectivity index (χ0n) is 30.6.